The standard InChI is InChI=1S/C15H20N2O2/c1-2-16-11-12-6-5-7-13(10-12)17-14(18)8-3-4-9-15(17)19/h5-7,10,16H,2-4,8-9,11H2,1H3. The highest BCUT2D eigenvalue weighted by molar-refractivity contribution is 6.15. The van der Waals surface area contributed by atoms with Gasteiger partial charge in [0.05, 0.1) is 5.69 Å². The van der Waals surface area contributed by atoms with Gasteiger partial charge in [0.25, 0.3) is 0 Å². The van der Waals surface area contributed by atoms with E-state index >= 15 is 0 Å². The van der Waals surface area contributed by atoms with Gasteiger partial charge in [0, 0.05) is 19.4 Å². The van der Waals surface area contributed by atoms with Crippen molar-refractivity contribution in [3.8, 4) is 0 Å². The zero-order chi connectivity index (χ0) is 13.7. The molecule has 1 saturated heterocycles. The summed E-state index contributed by atoms with van der Waals surface area (Å²) in [6.45, 7) is 3.69. The highest BCUT2D eigenvalue weighted by Gasteiger charge is 2.25. The van der Waals surface area contributed by atoms with Crippen LogP contribution in [0.3, 0.4) is 0 Å². The molecule has 1 heterocycles. The molecule has 4 nitrogen and oxygen atoms in total. The summed E-state index contributed by atoms with van der Waals surface area (Å²) in [5.41, 5.74) is 1.79. The number of carbonyl (C=O) groups is 2. The Labute approximate surface area is 113 Å². The quantitative estimate of drug-likeness (QED) is 0.845. The molecule has 1 aromatic rings. The summed E-state index contributed by atoms with van der Waals surface area (Å²) in [6, 6.07) is 7.65. The number of amides is 2. The normalized spacial score (nSPS) is 16.6. The largest absolute Gasteiger partial charge is 0.313 e. The van der Waals surface area contributed by atoms with E-state index in [4.69, 9.17) is 0 Å². The van der Waals surface area contributed by atoms with Crippen molar-refractivity contribution in [1.82, 2.24) is 5.32 Å². The van der Waals surface area contributed by atoms with E-state index in [2.05, 4.69) is 5.32 Å². The molecule has 0 atom stereocenters. The highest BCUT2D eigenvalue weighted by atomic mass is 16.2. The second-order valence-corrected chi connectivity index (χ2v) is 4.78. The van der Waals surface area contributed by atoms with Crippen LogP contribution < -0.4 is 10.2 Å². The molecule has 0 unspecified atom stereocenters. The van der Waals surface area contributed by atoms with Crippen molar-refractivity contribution < 1.29 is 9.59 Å². The Bertz CT molecular complexity index is 453. The molecule has 0 saturated carbocycles. The van der Waals surface area contributed by atoms with Gasteiger partial charge in [-0.05, 0) is 37.1 Å². The van der Waals surface area contributed by atoms with Crippen LogP contribution >= 0.6 is 0 Å². The summed E-state index contributed by atoms with van der Waals surface area (Å²) in [5, 5.41) is 3.24. The SMILES string of the molecule is CCNCc1cccc(N2C(=O)CCCCC2=O)c1. The van der Waals surface area contributed by atoms with E-state index in [1.54, 1.807) is 0 Å². The molecule has 1 fully saturated rings. The van der Waals surface area contributed by atoms with Crippen LogP contribution in [-0.4, -0.2) is 18.4 Å². The maximum Gasteiger partial charge on any atom is 0.233 e. The van der Waals surface area contributed by atoms with Crippen molar-refractivity contribution in [2.24, 2.45) is 0 Å². The summed E-state index contributed by atoms with van der Waals surface area (Å²) in [6.07, 6.45) is 2.53. The monoisotopic (exact) mass is 260 g/mol. The first-order chi connectivity index (χ1) is 9.22. The first-order valence-corrected chi connectivity index (χ1v) is 6.88. The van der Waals surface area contributed by atoms with E-state index in [9.17, 15) is 9.59 Å². The summed E-state index contributed by atoms with van der Waals surface area (Å²) in [7, 11) is 0. The molecule has 102 valence electrons. The van der Waals surface area contributed by atoms with Crippen molar-refractivity contribution in [1.29, 1.82) is 0 Å². The highest BCUT2D eigenvalue weighted by Crippen LogP contribution is 2.22. The molecule has 1 aromatic carbocycles. The van der Waals surface area contributed by atoms with Crippen molar-refractivity contribution in [3.05, 3.63) is 29.8 Å². The van der Waals surface area contributed by atoms with Gasteiger partial charge in [0.1, 0.15) is 0 Å². The van der Waals surface area contributed by atoms with Crippen molar-refractivity contribution in [2.45, 2.75) is 39.2 Å². The van der Waals surface area contributed by atoms with Gasteiger partial charge in [-0.3, -0.25) is 14.5 Å². The minimum absolute atomic E-state index is 0.0805. The molecule has 4 heteroatoms. The third kappa shape index (κ3) is 3.41. The predicted molar refractivity (Wildman–Crippen MR) is 74.8 cm³/mol. The number of hydrogen-bond acceptors (Lipinski definition) is 3. The number of imide groups is 1. The van der Waals surface area contributed by atoms with Gasteiger partial charge in [-0.15, -0.1) is 0 Å². The van der Waals surface area contributed by atoms with E-state index < -0.39 is 0 Å². The first kappa shape index (κ1) is 13.7. The maximum absolute atomic E-state index is 12.0. The smallest absolute Gasteiger partial charge is 0.233 e. The Morgan fingerprint density at radius 3 is 2.47 bits per heavy atom. The second kappa shape index (κ2) is 6.48. The fraction of sp³-hybridized carbons (Fsp3) is 0.467. The Morgan fingerprint density at radius 1 is 1.16 bits per heavy atom. The number of nitrogens with one attached hydrogen (secondary N) is 1. The lowest BCUT2D eigenvalue weighted by atomic mass is 10.1. The molecule has 0 spiro atoms. The van der Waals surface area contributed by atoms with Gasteiger partial charge in [-0.25, -0.2) is 0 Å². The lowest BCUT2D eigenvalue weighted by Crippen LogP contribution is -2.35. The minimum Gasteiger partial charge on any atom is -0.313 e. The molecule has 1 aliphatic rings. The summed E-state index contributed by atoms with van der Waals surface area (Å²) >= 11 is 0. The topological polar surface area (TPSA) is 49.4 Å². The third-order valence-electron chi connectivity index (χ3n) is 3.28. The molecule has 1 N–H and O–H groups in total. The Kier molecular flexibility index (Phi) is 4.68. The predicted octanol–water partition coefficient (Wildman–Crippen LogP) is 2.23. The molecule has 2 rings (SSSR count). The van der Waals surface area contributed by atoms with Crippen LogP contribution in [0.15, 0.2) is 24.3 Å². The summed E-state index contributed by atoms with van der Waals surface area (Å²) in [4.78, 5) is 25.4. The Balaban J connectivity index is 2.23. The molecule has 19 heavy (non-hydrogen) atoms. The van der Waals surface area contributed by atoms with Gasteiger partial charge < -0.3 is 5.32 Å². The van der Waals surface area contributed by atoms with Crippen LogP contribution in [0, 0.1) is 0 Å². The molecular weight excluding hydrogens is 240 g/mol. The number of benzene rings is 1. The zero-order valence-electron chi connectivity index (χ0n) is 11.3. The molecular formula is C15H20N2O2. The van der Waals surface area contributed by atoms with Crippen LogP contribution in [0.5, 0.6) is 0 Å². The number of rotatable bonds is 4. The van der Waals surface area contributed by atoms with E-state index in [-0.39, 0.29) is 11.8 Å². The lowest BCUT2D eigenvalue weighted by Gasteiger charge is -2.19. The number of carbonyl (C=O) groups excluding carboxylic acids is 2. The Morgan fingerprint density at radius 2 is 1.84 bits per heavy atom. The molecule has 0 aromatic heterocycles. The van der Waals surface area contributed by atoms with Gasteiger partial charge in [-0.1, -0.05) is 19.1 Å². The fourth-order valence-electron chi connectivity index (χ4n) is 2.28. The fourth-order valence-corrected chi connectivity index (χ4v) is 2.28. The first-order valence-electron chi connectivity index (χ1n) is 6.88. The van der Waals surface area contributed by atoms with E-state index in [0.29, 0.717) is 18.5 Å². The number of nitrogens with zero attached hydrogens (tertiary/aromatic N) is 1. The van der Waals surface area contributed by atoms with Crippen LogP contribution in [0.2, 0.25) is 0 Å². The average molecular weight is 260 g/mol. The second-order valence-electron chi connectivity index (χ2n) is 4.78. The van der Waals surface area contributed by atoms with Crippen molar-refractivity contribution in [2.75, 3.05) is 11.4 Å². The Hall–Kier alpha value is -1.68. The average Bonchev–Trinajstić information content (AvgIpc) is 2.58. The van der Waals surface area contributed by atoms with Gasteiger partial charge >= 0.3 is 0 Å². The van der Waals surface area contributed by atoms with Crippen LogP contribution in [0.1, 0.15) is 38.2 Å². The van der Waals surface area contributed by atoms with Gasteiger partial charge in [0.15, 0.2) is 0 Å². The van der Waals surface area contributed by atoms with E-state index in [0.717, 1.165) is 31.5 Å². The summed E-state index contributed by atoms with van der Waals surface area (Å²) < 4.78 is 0. The molecule has 1 aliphatic heterocycles. The van der Waals surface area contributed by atoms with Crippen LogP contribution in [-0.2, 0) is 16.1 Å². The molecule has 0 aliphatic carbocycles. The number of hydrogen-bond donors (Lipinski definition) is 1. The van der Waals surface area contributed by atoms with E-state index in [1.165, 1.54) is 4.90 Å². The molecule has 0 bridgehead atoms. The van der Waals surface area contributed by atoms with Crippen molar-refractivity contribution >= 4 is 17.5 Å². The van der Waals surface area contributed by atoms with Crippen molar-refractivity contribution in [3.63, 3.8) is 0 Å². The molecule has 2 amide bonds. The van der Waals surface area contributed by atoms with Crippen LogP contribution in [0.25, 0.3) is 0 Å². The minimum atomic E-state index is -0.0805. The van der Waals surface area contributed by atoms with Crippen LogP contribution in [0.4, 0.5) is 5.69 Å². The lowest BCUT2D eigenvalue weighted by molar-refractivity contribution is -0.125. The third-order valence-corrected chi connectivity index (χ3v) is 3.28. The number of anilines is 1. The molecule has 0 radical (unpaired) electrons. The summed E-state index contributed by atoms with van der Waals surface area (Å²) in [5.74, 6) is -0.161. The van der Waals surface area contributed by atoms with E-state index in [1.807, 2.05) is 31.2 Å². The maximum atomic E-state index is 12.0. The van der Waals surface area contributed by atoms with Gasteiger partial charge in [0.2, 0.25) is 11.8 Å². The van der Waals surface area contributed by atoms with Gasteiger partial charge in [-0.2, -0.15) is 0 Å². The zero-order valence-corrected chi connectivity index (χ0v) is 11.3.